The number of nitrogens with one attached hydrogen (secondary N) is 1. The summed E-state index contributed by atoms with van der Waals surface area (Å²) in [5, 5.41) is 12.5. The smallest absolute Gasteiger partial charge is 0.326 e. The Morgan fingerprint density at radius 2 is 1.38 bits per heavy atom. The Bertz CT molecular complexity index is 1680. The lowest BCUT2D eigenvalue weighted by Crippen LogP contribution is -2.36. The highest BCUT2D eigenvalue weighted by Crippen LogP contribution is 2.33. The molecule has 0 saturated carbocycles. The van der Waals surface area contributed by atoms with Crippen molar-refractivity contribution in [1.82, 2.24) is 0 Å². The van der Waals surface area contributed by atoms with E-state index in [2.05, 4.69) is 17.4 Å². The van der Waals surface area contributed by atoms with E-state index in [1.165, 1.54) is 5.56 Å². The number of nitrogens with zero attached hydrogens (tertiary/aromatic N) is 1. The summed E-state index contributed by atoms with van der Waals surface area (Å²) >= 11 is 1.59. The fraction of sp³-hybridized carbons (Fsp3) is 0.158. The van der Waals surface area contributed by atoms with Gasteiger partial charge in [0.25, 0.3) is 0 Å². The molecule has 0 spiro atoms. The zero-order chi connectivity index (χ0) is 31.4. The molecular formula is C38H36N2O4S. The number of amides is 2. The molecule has 5 aromatic carbocycles. The number of benzene rings is 5. The van der Waals surface area contributed by atoms with E-state index in [4.69, 9.17) is 4.74 Å². The normalized spacial score (nSPS) is 11.4. The molecule has 1 atom stereocenters. The molecule has 5 rings (SSSR count). The lowest BCUT2D eigenvalue weighted by atomic mass is 9.97. The number of para-hydroxylation sites is 3. The number of carbonyl (C=O) groups is 2. The van der Waals surface area contributed by atoms with E-state index in [1.807, 2.05) is 128 Å². The number of carbonyl (C=O) groups excluding carboxylic acids is 1. The maximum Gasteiger partial charge on any atom is 0.326 e. The highest BCUT2D eigenvalue weighted by Gasteiger charge is 2.19. The molecule has 2 N–H and O–H groups in total. The second-order valence-corrected chi connectivity index (χ2v) is 11.7. The molecule has 0 heterocycles. The van der Waals surface area contributed by atoms with Crippen molar-refractivity contribution in [2.24, 2.45) is 0 Å². The van der Waals surface area contributed by atoms with Crippen molar-refractivity contribution in [3.8, 4) is 11.5 Å². The van der Waals surface area contributed by atoms with E-state index >= 15 is 0 Å². The van der Waals surface area contributed by atoms with E-state index in [1.54, 1.807) is 16.7 Å². The summed E-state index contributed by atoms with van der Waals surface area (Å²) in [6.07, 6.45) is 2.19. The van der Waals surface area contributed by atoms with Gasteiger partial charge in [-0.15, -0.1) is 0 Å². The number of carboxylic acids is 1. The van der Waals surface area contributed by atoms with Crippen molar-refractivity contribution in [1.29, 1.82) is 0 Å². The van der Waals surface area contributed by atoms with Crippen LogP contribution in [0.3, 0.4) is 0 Å². The van der Waals surface area contributed by atoms with Crippen molar-refractivity contribution < 1.29 is 19.4 Å². The first kappa shape index (κ1) is 31.4. The molecule has 6 nitrogen and oxygen atoms in total. The predicted octanol–water partition coefficient (Wildman–Crippen LogP) is 9.88. The largest absolute Gasteiger partial charge is 0.481 e. The number of carboxylic acid groups (broad SMARTS) is 1. The summed E-state index contributed by atoms with van der Waals surface area (Å²) in [6.45, 7) is 2.41. The maximum absolute atomic E-state index is 13.8. The van der Waals surface area contributed by atoms with Crippen LogP contribution in [0.2, 0.25) is 0 Å². The number of aryl methyl sites for hydroxylation is 1. The Morgan fingerprint density at radius 3 is 2.02 bits per heavy atom. The van der Waals surface area contributed by atoms with Gasteiger partial charge in [-0.05, 0) is 91.1 Å². The molecule has 1 unspecified atom stereocenters. The molecule has 0 saturated heterocycles. The van der Waals surface area contributed by atoms with E-state index in [9.17, 15) is 14.7 Å². The van der Waals surface area contributed by atoms with Crippen molar-refractivity contribution >= 4 is 35.1 Å². The van der Waals surface area contributed by atoms with Gasteiger partial charge in [0.15, 0.2) is 5.75 Å². The number of hydrogen-bond donors (Lipinski definition) is 2. The summed E-state index contributed by atoms with van der Waals surface area (Å²) in [6, 6.07) is 42.6. The minimum absolute atomic E-state index is 0.243. The minimum atomic E-state index is -0.807. The third-order valence-electron chi connectivity index (χ3n) is 7.41. The van der Waals surface area contributed by atoms with Crippen molar-refractivity contribution in [2.75, 3.05) is 16.8 Å². The number of rotatable bonds is 13. The van der Waals surface area contributed by atoms with E-state index < -0.39 is 11.9 Å². The zero-order valence-electron chi connectivity index (χ0n) is 25.1. The number of hydrogen-bond acceptors (Lipinski definition) is 4. The van der Waals surface area contributed by atoms with Crippen LogP contribution in [0, 0.1) is 0 Å². The van der Waals surface area contributed by atoms with Crippen LogP contribution in [-0.2, 0) is 11.2 Å². The number of ether oxygens (including phenoxy) is 1. The Labute approximate surface area is 268 Å². The second-order valence-electron chi connectivity index (χ2n) is 10.5. The molecule has 5 aromatic rings. The third-order valence-corrected chi connectivity index (χ3v) is 8.42. The first-order chi connectivity index (χ1) is 22.0. The lowest BCUT2D eigenvalue weighted by Gasteiger charge is -2.24. The van der Waals surface area contributed by atoms with Gasteiger partial charge in [0.05, 0.1) is 11.6 Å². The first-order valence-corrected chi connectivity index (χ1v) is 15.9. The maximum atomic E-state index is 13.8. The van der Waals surface area contributed by atoms with E-state index in [0.29, 0.717) is 30.2 Å². The van der Waals surface area contributed by atoms with Crippen LogP contribution in [-0.4, -0.2) is 23.7 Å². The summed E-state index contributed by atoms with van der Waals surface area (Å²) in [7, 11) is 0. The fourth-order valence-electron chi connectivity index (χ4n) is 5.04. The quantitative estimate of drug-likeness (QED) is 0.138. The van der Waals surface area contributed by atoms with Gasteiger partial charge in [0.1, 0.15) is 5.75 Å². The van der Waals surface area contributed by atoms with E-state index in [-0.39, 0.29) is 6.03 Å². The standard InChI is InChI=1S/C38H36N2O4S/c1-2-34(37(41)42)29-19-23-32(24-20-29)45-33-25-21-30(22-26-33)40(27-11-14-28-12-5-3-6-13-28)38(43)39-35-17-9-10-18-36(35)44-31-15-7-4-8-16-31/h3-10,12-13,15-26,34H,2,11,14,27H2,1H3,(H,39,43)(H,41,42). The van der Waals surface area contributed by atoms with E-state index in [0.717, 1.165) is 33.9 Å². The van der Waals surface area contributed by atoms with Crippen molar-refractivity contribution in [3.05, 3.63) is 145 Å². The van der Waals surface area contributed by atoms with Crippen LogP contribution >= 0.6 is 11.8 Å². The Morgan fingerprint density at radius 1 is 0.778 bits per heavy atom. The molecule has 2 amide bonds. The van der Waals surface area contributed by atoms with Gasteiger partial charge in [-0.2, -0.15) is 0 Å². The number of urea groups is 1. The Kier molecular flexibility index (Phi) is 10.9. The van der Waals surface area contributed by atoms with Crippen LogP contribution in [0.5, 0.6) is 11.5 Å². The van der Waals surface area contributed by atoms with Gasteiger partial charge < -0.3 is 15.2 Å². The molecule has 228 valence electrons. The number of aliphatic carboxylic acids is 1. The highest BCUT2D eigenvalue weighted by molar-refractivity contribution is 7.99. The third kappa shape index (κ3) is 8.77. The SMILES string of the molecule is CCC(C(=O)O)c1ccc(Sc2ccc(N(CCCc3ccccc3)C(=O)Nc3ccccc3Oc3ccccc3)cc2)cc1. The van der Waals surface area contributed by atoms with Crippen molar-refractivity contribution in [3.63, 3.8) is 0 Å². The predicted molar refractivity (Wildman–Crippen MR) is 182 cm³/mol. The van der Waals surface area contributed by atoms with Gasteiger partial charge in [-0.3, -0.25) is 9.69 Å². The molecule has 0 aliphatic carbocycles. The number of anilines is 2. The Hall–Kier alpha value is -5.01. The molecule has 7 heteroatoms. The molecule has 0 radical (unpaired) electrons. The zero-order valence-corrected chi connectivity index (χ0v) is 26.0. The average Bonchev–Trinajstić information content (AvgIpc) is 3.06. The van der Waals surface area contributed by atoms with Gasteiger partial charge >= 0.3 is 12.0 Å². The van der Waals surface area contributed by atoms with Crippen LogP contribution < -0.4 is 15.0 Å². The van der Waals surface area contributed by atoms with Gasteiger partial charge in [0, 0.05) is 22.0 Å². The van der Waals surface area contributed by atoms with Crippen LogP contribution in [0.1, 0.15) is 36.8 Å². The molecule has 0 bridgehead atoms. The highest BCUT2D eigenvalue weighted by atomic mass is 32.2. The minimum Gasteiger partial charge on any atom is -0.481 e. The van der Waals surface area contributed by atoms with Gasteiger partial charge in [0.2, 0.25) is 0 Å². The second kappa shape index (κ2) is 15.6. The Balaban J connectivity index is 1.31. The molecular weight excluding hydrogens is 580 g/mol. The van der Waals surface area contributed by atoms with Gasteiger partial charge in [-0.25, -0.2) is 4.79 Å². The lowest BCUT2D eigenvalue weighted by molar-refractivity contribution is -0.138. The molecule has 0 aromatic heterocycles. The van der Waals surface area contributed by atoms with Crippen molar-refractivity contribution in [2.45, 2.75) is 41.9 Å². The molecule has 0 fully saturated rings. The van der Waals surface area contributed by atoms with Crippen LogP contribution in [0.15, 0.2) is 143 Å². The summed E-state index contributed by atoms with van der Waals surface area (Å²) in [4.78, 5) is 29.1. The summed E-state index contributed by atoms with van der Waals surface area (Å²) < 4.78 is 6.08. The average molecular weight is 617 g/mol. The molecule has 0 aliphatic heterocycles. The fourth-order valence-corrected chi connectivity index (χ4v) is 5.86. The van der Waals surface area contributed by atoms with Crippen LogP contribution in [0.25, 0.3) is 0 Å². The first-order valence-electron chi connectivity index (χ1n) is 15.0. The summed E-state index contributed by atoms with van der Waals surface area (Å²) in [5.74, 6) is -0.0568. The van der Waals surface area contributed by atoms with Crippen LogP contribution in [0.4, 0.5) is 16.2 Å². The topological polar surface area (TPSA) is 78.9 Å². The summed E-state index contributed by atoms with van der Waals surface area (Å²) in [5.41, 5.74) is 3.40. The molecule has 45 heavy (non-hydrogen) atoms. The molecule has 0 aliphatic rings. The monoisotopic (exact) mass is 616 g/mol. The van der Waals surface area contributed by atoms with Gasteiger partial charge in [-0.1, -0.05) is 91.5 Å².